The molecular weight excluding hydrogens is 417 g/mol. The maximum atomic E-state index is 5.45. The van der Waals surface area contributed by atoms with Crippen LogP contribution in [0.5, 0.6) is 0 Å². The first-order valence-electron chi connectivity index (χ1n) is 8.38. The van der Waals surface area contributed by atoms with Crippen LogP contribution in [0.2, 0.25) is 0 Å². The minimum absolute atomic E-state index is 0. The second kappa shape index (κ2) is 9.76. The van der Waals surface area contributed by atoms with E-state index in [1.54, 1.807) is 12.5 Å². The summed E-state index contributed by atoms with van der Waals surface area (Å²) in [6, 6.07) is 8.36. The summed E-state index contributed by atoms with van der Waals surface area (Å²) in [4.78, 5) is 6.90. The Hall–Kier alpha value is -1.44. The predicted octanol–water partition coefficient (Wildman–Crippen LogP) is 4.05. The van der Waals surface area contributed by atoms with Gasteiger partial charge >= 0.3 is 0 Å². The molecule has 1 aliphatic rings. The largest absolute Gasteiger partial charge is 0.469 e. The Morgan fingerprint density at radius 3 is 2.46 bits per heavy atom. The Labute approximate surface area is 160 Å². The van der Waals surface area contributed by atoms with Crippen LogP contribution >= 0.6 is 24.0 Å². The van der Waals surface area contributed by atoms with Crippen molar-refractivity contribution in [1.29, 1.82) is 0 Å². The fourth-order valence-electron chi connectivity index (χ4n) is 2.97. The first-order valence-corrected chi connectivity index (χ1v) is 8.38. The summed E-state index contributed by atoms with van der Waals surface area (Å²) < 4.78 is 10.8. The lowest BCUT2D eigenvalue weighted by atomic mass is 10.2. The van der Waals surface area contributed by atoms with Crippen LogP contribution in [0, 0.1) is 0 Å². The van der Waals surface area contributed by atoms with Gasteiger partial charge in [0.25, 0.3) is 0 Å². The molecule has 0 bridgehead atoms. The molecule has 132 valence electrons. The Morgan fingerprint density at radius 2 is 1.83 bits per heavy atom. The number of hydrogen-bond acceptors (Lipinski definition) is 3. The average Bonchev–Trinajstić information content (AvgIpc) is 3.30. The zero-order valence-electron chi connectivity index (χ0n) is 14.1. The van der Waals surface area contributed by atoms with E-state index in [1.165, 1.54) is 25.7 Å². The third-order valence-electron chi connectivity index (χ3n) is 4.22. The van der Waals surface area contributed by atoms with Crippen LogP contribution in [0.15, 0.2) is 50.6 Å². The highest BCUT2D eigenvalue weighted by Gasteiger charge is 2.18. The van der Waals surface area contributed by atoms with Crippen molar-refractivity contribution in [2.24, 2.45) is 4.99 Å². The second-order valence-electron chi connectivity index (χ2n) is 6.10. The van der Waals surface area contributed by atoms with Crippen LogP contribution in [0.4, 0.5) is 0 Å². The molecule has 1 saturated carbocycles. The zero-order valence-corrected chi connectivity index (χ0v) is 16.4. The van der Waals surface area contributed by atoms with Crippen LogP contribution in [0.25, 0.3) is 0 Å². The van der Waals surface area contributed by atoms with Crippen molar-refractivity contribution in [3.8, 4) is 0 Å². The molecule has 0 radical (unpaired) electrons. The van der Waals surface area contributed by atoms with E-state index in [0.717, 1.165) is 23.9 Å². The molecule has 0 aromatic carbocycles. The Kier molecular flexibility index (Phi) is 7.68. The van der Waals surface area contributed by atoms with Crippen molar-refractivity contribution >= 4 is 29.9 Å². The quantitative estimate of drug-likeness (QED) is 0.416. The van der Waals surface area contributed by atoms with Crippen LogP contribution < -0.4 is 5.32 Å². The molecule has 24 heavy (non-hydrogen) atoms. The first-order chi connectivity index (χ1) is 11.3. The fourth-order valence-corrected chi connectivity index (χ4v) is 2.97. The maximum absolute atomic E-state index is 5.45. The third kappa shape index (κ3) is 5.58. The molecule has 5 nitrogen and oxygen atoms in total. The van der Waals surface area contributed by atoms with E-state index in [1.807, 2.05) is 24.3 Å². The summed E-state index contributed by atoms with van der Waals surface area (Å²) >= 11 is 0. The van der Waals surface area contributed by atoms with E-state index in [2.05, 4.69) is 17.3 Å². The smallest absolute Gasteiger partial charge is 0.194 e. The lowest BCUT2D eigenvalue weighted by molar-refractivity contribution is 0.393. The normalized spacial score (nSPS) is 15.3. The molecule has 1 aliphatic carbocycles. The number of aliphatic imine (C=N–C) groups is 1. The highest BCUT2D eigenvalue weighted by Crippen LogP contribution is 2.18. The number of nitrogens with zero attached hydrogens (tertiary/aromatic N) is 2. The molecule has 1 fully saturated rings. The first kappa shape index (κ1) is 18.9. The molecule has 6 heteroatoms. The lowest BCUT2D eigenvalue weighted by Gasteiger charge is -2.24. The number of guanidine groups is 1. The molecule has 2 heterocycles. The molecule has 0 amide bonds. The van der Waals surface area contributed by atoms with Gasteiger partial charge in [-0.3, -0.25) is 4.99 Å². The maximum Gasteiger partial charge on any atom is 0.194 e. The minimum Gasteiger partial charge on any atom is -0.469 e. The van der Waals surface area contributed by atoms with E-state index >= 15 is 0 Å². The molecule has 2 aromatic rings. The highest BCUT2D eigenvalue weighted by molar-refractivity contribution is 14.0. The van der Waals surface area contributed by atoms with Crippen molar-refractivity contribution in [3.05, 3.63) is 48.3 Å². The van der Waals surface area contributed by atoms with Gasteiger partial charge in [0.05, 0.1) is 19.1 Å². The van der Waals surface area contributed by atoms with Crippen LogP contribution in [-0.4, -0.2) is 30.5 Å². The molecule has 3 rings (SSSR count). The number of nitrogens with one attached hydrogen (secondary N) is 1. The van der Waals surface area contributed by atoms with Crippen molar-refractivity contribution < 1.29 is 8.83 Å². The van der Waals surface area contributed by atoms with Gasteiger partial charge in [-0.1, -0.05) is 12.8 Å². The topological polar surface area (TPSA) is 53.9 Å². The van der Waals surface area contributed by atoms with Crippen molar-refractivity contribution in [2.45, 2.75) is 44.7 Å². The molecule has 0 spiro atoms. The van der Waals surface area contributed by atoms with Crippen LogP contribution in [-0.2, 0) is 13.0 Å². The van der Waals surface area contributed by atoms with Gasteiger partial charge in [0.15, 0.2) is 5.96 Å². The van der Waals surface area contributed by atoms with Crippen LogP contribution in [0.1, 0.15) is 37.2 Å². The van der Waals surface area contributed by atoms with Gasteiger partial charge in [-0.25, -0.2) is 0 Å². The van der Waals surface area contributed by atoms with E-state index in [9.17, 15) is 0 Å². The summed E-state index contributed by atoms with van der Waals surface area (Å²) in [5.41, 5.74) is 0. The van der Waals surface area contributed by atoms with Gasteiger partial charge < -0.3 is 19.1 Å². The Balaban J connectivity index is 0.00000208. The number of rotatable bonds is 6. The average molecular weight is 443 g/mol. The predicted molar refractivity (Wildman–Crippen MR) is 106 cm³/mol. The summed E-state index contributed by atoms with van der Waals surface area (Å²) in [7, 11) is 2.05. The Bertz CT molecular complexity index is 590. The number of halogens is 1. The molecule has 0 unspecified atom stereocenters. The van der Waals surface area contributed by atoms with Crippen molar-refractivity contribution in [3.63, 3.8) is 0 Å². The monoisotopic (exact) mass is 443 g/mol. The van der Waals surface area contributed by atoms with E-state index in [0.29, 0.717) is 19.1 Å². The second-order valence-corrected chi connectivity index (χ2v) is 6.10. The highest BCUT2D eigenvalue weighted by atomic mass is 127. The molecule has 2 aromatic heterocycles. The van der Waals surface area contributed by atoms with E-state index in [4.69, 9.17) is 13.8 Å². The van der Waals surface area contributed by atoms with Gasteiger partial charge in [0.2, 0.25) is 0 Å². The standard InChI is InChI=1S/C18H25N3O2.HI/c1-21(14-17-9-5-13-23-17)18(20-15-6-2-3-7-15)19-11-10-16-8-4-12-22-16;/h4-5,8-9,12-13,15H,2-3,6-7,10-11,14H2,1H3,(H,19,20);1H. The number of hydrogen-bond donors (Lipinski definition) is 1. The molecule has 0 aliphatic heterocycles. The molecule has 1 N–H and O–H groups in total. The van der Waals surface area contributed by atoms with Gasteiger partial charge in [0.1, 0.15) is 11.5 Å². The molecule has 0 saturated heterocycles. The van der Waals surface area contributed by atoms with E-state index < -0.39 is 0 Å². The zero-order chi connectivity index (χ0) is 15.9. The van der Waals surface area contributed by atoms with E-state index in [-0.39, 0.29) is 24.0 Å². The Morgan fingerprint density at radius 1 is 1.17 bits per heavy atom. The third-order valence-corrected chi connectivity index (χ3v) is 4.22. The summed E-state index contributed by atoms with van der Waals surface area (Å²) in [5.74, 6) is 2.86. The van der Waals surface area contributed by atoms with Crippen LogP contribution in [0.3, 0.4) is 0 Å². The summed E-state index contributed by atoms with van der Waals surface area (Å²) in [6.45, 7) is 1.43. The van der Waals surface area contributed by atoms with Crippen molar-refractivity contribution in [2.75, 3.05) is 13.6 Å². The number of furan rings is 2. The lowest BCUT2D eigenvalue weighted by Crippen LogP contribution is -2.43. The molecular formula is C18H26IN3O2. The van der Waals surface area contributed by atoms with Gasteiger partial charge in [0, 0.05) is 26.1 Å². The van der Waals surface area contributed by atoms with Gasteiger partial charge in [-0.2, -0.15) is 0 Å². The van der Waals surface area contributed by atoms with Gasteiger partial charge in [-0.15, -0.1) is 24.0 Å². The SMILES string of the molecule is CN(Cc1ccco1)C(=NCCc1ccco1)NC1CCCC1.I. The van der Waals surface area contributed by atoms with Gasteiger partial charge in [-0.05, 0) is 37.1 Å². The minimum atomic E-state index is 0. The fraction of sp³-hybridized carbons (Fsp3) is 0.500. The van der Waals surface area contributed by atoms with Crippen molar-refractivity contribution in [1.82, 2.24) is 10.2 Å². The molecule has 0 atom stereocenters. The summed E-state index contributed by atoms with van der Waals surface area (Å²) in [6.07, 6.45) is 9.30. The summed E-state index contributed by atoms with van der Waals surface area (Å²) in [5, 5.41) is 3.61.